The van der Waals surface area contributed by atoms with Crippen molar-refractivity contribution in [3.05, 3.63) is 0 Å². The molecule has 0 aromatic rings. The minimum absolute atomic E-state index is 0.479. The standard InChI is InChI=1S/C6H9Cl3O/c7-4-2-1-3-6(8,9)5-10/h5H,1-4H2. The van der Waals surface area contributed by atoms with Crippen LogP contribution in [0.15, 0.2) is 0 Å². The Hall–Kier alpha value is 0.540. The molecule has 0 bridgehead atoms. The Morgan fingerprint density at radius 3 is 2.30 bits per heavy atom. The van der Waals surface area contributed by atoms with Crippen molar-refractivity contribution in [1.82, 2.24) is 0 Å². The molecule has 10 heavy (non-hydrogen) atoms. The third-order valence-corrected chi connectivity index (χ3v) is 1.89. The molecule has 0 aliphatic heterocycles. The summed E-state index contributed by atoms with van der Waals surface area (Å²) >= 11 is 16.4. The Kier molecular flexibility index (Phi) is 5.51. The molecule has 1 nitrogen and oxygen atoms in total. The van der Waals surface area contributed by atoms with E-state index in [4.69, 9.17) is 34.8 Å². The fourth-order valence-corrected chi connectivity index (χ4v) is 0.970. The molecule has 4 heteroatoms. The molecular weight excluding hydrogens is 194 g/mol. The van der Waals surface area contributed by atoms with Gasteiger partial charge in [0.2, 0.25) is 0 Å². The van der Waals surface area contributed by atoms with E-state index in [9.17, 15) is 4.79 Å². The highest BCUT2D eigenvalue weighted by Crippen LogP contribution is 2.24. The number of hydrogen-bond donors (Lipinski definition) is 0. The number of alkyl halides is 3. The summed E-state index contributed by atoms with van der Waals surface area (Å²) in [7, 11) is 0. The van der Waals surface area contributed by atoms with Gasteiger partial charge in [-0.25, -0.2) is 0 Å². The van der Waals surface area contributed by atoms with Gasteiger partial charge in [0.1, 0.15) is 0 Å². The van der Waals surface area contributed by atoms with E-state index in [1.807, 2.05) is 0 Å². The highest BCUT2D eigenvalue weighted by Gasteiger charge is 2.21. The maximum atomic E-state index is 10.1. The van der Waals surface area contributed by atoms with Crippen LogP contribution in [0.1, 0.15) is 19.3 Å². The lowest BCUT2D eigenvalue weighted by molar-refractivity contribution is -0.108. The van der Waals surface area contributed by atoms with Crippen molar-refractivity contribution >= 4 is 41.1 Å². The van der Waals surface area contributed by atoms with Crippen LogP contribution in [0.5, 0.6) is 0 Å². The quantitative estimate of drug-likeness (QED) is 0.381. The van der Waals surface area contributed by atoms with Crippen LogP contribution < -0.4 is 0 Å². The molecule has 0 unspecified atom stereocenters. The van der Waals surface area contributed by atoms with Crippen molar-refractivity contribution in [3.63, 3.8) is 0 Å². The summed E-state index contributed by atoms with van der Waals surface area (Å²) in [5, 5.41) is 0. The molecule has 60 valence electrons. The van der Waals surface area contributed by atoms with Crippen LogP contribution in [0.3, 0.4) is 0 Å². The van der Waals surface area contributed by atoms with Crippen LogP contribution >= 0.6 is 34.8 Å². The van der Waals surface area contributed by atoms with Gasteiger partial charge in [-0.05, 0) is 19.3 Å². The molecule has 0 saturated carbocycles. The number of carbonyl (C=O) groups excluding carboxylic acids is 1. The predicted octanol–water partition coefficient (Wildman–Crippen LogP) is 2.77. The zero-order chi connectivity index (χ0) is 8.04. The topological polar surface area (TPSA) is 17.1 Å². The summed E-state index contributed by atoms with van der Waals surface area (Å²) in [6.07, 6.45) is 2.66. The average Bonchev–Trinajstić information content (AvgIpc) is 1.89. The van der Waals surface area contributed by atoms with Crippen molar-refractivity contribution in [2.75, 3.05) is 5.88 Å². The second kappa shape index (κ2) is 5.22. The Labute approximate surface area is 75.6 Å². The van der Waals surface area contributed by atoms with Crippen LogP contribution in [0.2, 0.25) is 0 Å². The molecule has 0 radical (unpaired) electrons. The summed E-state index contributed by atoms with van der Waals surface area (Å²) in [5.74, 6) is 0.586. The zero-order valence-electron chi connectivity index (χ0n) is 5.45. The molecule has 0 heterocycles. The van der Waals surface area contributed by atoms with Gasteiger partial charge in [0, 0.05) is 5.88 Å². The third-order valence-electron chi connectivity index (χ3n) is 1.07. The lowest BCUT2D eigenvalue weighted by Gasteiger charge is -2.09. The third kappa shape index (κ3) is 5.33. The van der Waals surface area contributed by atoms with Gasteiger partial charge < -0.3 is 4.79 Å². The maximum absolute atomic E-state index is 10.1. The molecule has 0 aliphatic rings. The van der Waals surface area contributed by atoms with E-state index < -0.39 is 4.33 Å². The minimum atomic E-state index is -1.20. The van der Waals surface area contributed by atoms with E-state index in [1.165, 1.54) is 0 Å². The van der Waals surface area contributed by atoms with Gasteiger partial charge in [-0.15, -0.1) is 11.6 Å². The van der Waals surface area contributed by atoms with Gasteiger partial charge in [-0.1, -0.05) is 23.2 Å². The van der Waals surface area contributed by atoms with Crippen LogP contribution in [0, 0.1) is 0 Å². The molecule has 0 amide bonds. The second-order valence-corrected chi connectivity index (χ2v) is 3.95. The molecule has 0 N–H and O–H groups in total. The van der Waals surface area contributed by atoms with Crippen LogP contribution in [-0.4, -0.2) is 16.5 Å². The number of halogens is 3. The fraction of sp³-hybridized carbons (Fsp3) is 0.833. The van der Waals surface area contributed by atoms with Crippen molar-refractivity contribution in [1.29, 1.82) is 0 Å². The molecular formula is C6H9Cl3O. The molecule has 0 spiro atoms. The smallest absolute Gasteiger partial charge is 0.172 e. The summed E-state index contributed by atoms with van der Waals surface area (Å²) in [6.45, 7) is 0. The largest absolute Gasteiger partial charge is 0.300 e. The molecule has 0 aromatic heterocycles. The van der Waals surface area contributed by atoms with Gasteiger partial charge in [-0.3, -0.25) is 0 Å². The molecule has 0 saturated heterocycles. The van der Waals surface area contributed by atoms with Crippen LogP contribution in [0.4, 0.5) is 0 Å². The van der Waals surface area contributed by atoms with E-state index >= 15 is 0 Å². The number of carbonyl (C=O) groups is 1. The molecule has 0 aromatic carbocycles. The monoisotopic (exact) mass is 202 g/mol. The Bertz CT molecular complexity index is 103. The second-order valence-electron chi connectivity index (χ2n) is 2.02. The van der Waals surface area contributed by atoms with E-state index in [-0.39, 0.29) is 0 Å². The van der Waals surface area contributed by atoms with Crippen LogP contribution in [-0.2, 0) is 4.79 Å². The predicted molar refractivity (Wildman–Crippen MR) is 45.1 cm³/mol. The highest BCUT2D eigenvalue weighted by molar-refractivity contribution is 6.55. The van der Waals surface area contributed by atoms with Gasteiger partial charge in [0.05, 0.1) is 0 Å². The van der Waals surface area contributed by atoms with E-state index in [1.54, 1.807) is 0 Å². The molecule has 0 rings (SSSR count). The number of hydrogen-bond acceptors (Lipinski definition) is 1. The summed E-state index contributed by atoms with van der Waals surface area (Å²) in [6, 6.07) is 0. The van der Waals surface area contributed by atoms with Gasteiger partial charge in [0.15, 0.2) is 10.6 Å². The Balaban J connectivity index is 3.37. The van der Waals surface area contributed by atoms with E-state index in [0.29, 0.717) is 18.6 Å². The first kappa shape index (κ1) is 10.5. The molecule has 0 atom stereocenters. The fourth-order valence-electron chi connectivity index (χ4n) is 0.514. The van der Waals surface area contributed by atoms with Crippen molar-refractivity contribution < 1.29 is 4.79 Å². The van der Waals surface area contributed by atoms with Gasteiger partial charge >= 0.3 is 0 Å². The first-order chi connectivity index (χ1) is 4.62. The van der Waals surface area contributed by atoms with Crippen LogP contribution in [0.25, 0.3) is 0 Å². The van der Waals surface area contributed by atoms with E-state index in [2.05, 4.69) is 0 Å². The normalized spacial score (nSPS) is 11.5. The Morgan fingerprint density at radius 1 is 1.30 bits per heavy atom. The lowest BCUT2D eigenvalue weighted by Crippen LogP contribution is -2.13. The zero-order valence-corrected chi connectivity index (χ0v) is 7.72. The first-order valence-corrected chi connectivity index (χ1v) is 4.31. The van der Waals surface area contributed by atoms with Gasteiger partial charge in [0.25, 0.3) is 0 Å². The summed E-state index contributed by atoms with van der Waals surface area (Å²) in [5.41, 5.74) is 0. The number of aldehydes is 1. The first-order valence-electron chi connectivity index (χ1n) is 3.02. The minimum Gasteiger partial charge on any atom is -0.300 e. The SMILES string of the molecule is O=CC(Cl)(Cl)CCCCCl. The number of rotatable bonds is 5. The van der Waals surface area contributed by atoms with Crippen molar-refractivity contribution in [2.45, 2.75) is 23.6 Å². The highest BCUT2D eigenvalue weighted by atomic mass is 35.5. The lowest BCUT2D eigenvalue weighted by atomic mass is 10.2. The molecule has 0 aliphatic carbocycles. The summed E-state index contributed by atoms with van der Waals surface area (Å²) < 4.78 is -1.20. The van der Waals surface area contributed by atoms with E-state index in [0.717, 1.165) is 12.8 Å². The number of unbranched alkanes of at least 4 members (excludes halogenated alkanes) is 1. The Morgan fingerprint density at radius 2 is 1.90 bits per heavy atom. The molecule has 0 fully saturated rings. The van der Waals surface area contributed by atoms with Crippen molar-refractivity contribution in [3.8, 4) is 0 Å². The van der Waals surface area contributed by atoms with Gasteiger partial charge in [-0.2, -0.15) is 0 Å². The summed E-state index contributed by atoms with van der Waals surface area (Å²) in [4.78, 5) is 10.1. The van der Waals surface area contributed by atoms with Crippen molar-refractivity contribution in [2.24, 2.45) is 0 Å². The maximum Gasteiger partial charge on any atom is 0.172 e. The average molecular weight is 203 g/mol.